The minimum atomic E-state index is -0.314. The van der Waals surface area contributed by atoms with E-state index in [-0.39, 0.29) is 12.5 Å². The molecule has 0 aliphatic rings. The summed E-state index contributed by atoms with van der Waals surface area (Å²) in [6.07, 6.45) is 1.67. The molecule has 0 saturated carbocycles. The molecule has 5 nitrogen and oxygen atoms in total. The van der Waals surface area contributed by atoms with Crippen molar-refractivity contribution in [2.24, 2.45) is 0 Å². The number of rotatable bonds is 5. The molecule has 0 aromatic heterocycles. The Morgan fingerprint density at radius 1 is 1.35 bits per heavy atom. The minimum Gasteiger partial charge on any atom is -0.484 e. The summed E-state index contributed by atoms with van der Waals surface area (Å²) in [5, 5.41) is 3.15. The van der Waals surface area contributed by atoms with Crippen molar-refractivity contribution in [3.05, 3.63) is 42.0 Å². The Morgan fingerprint density at radius 3 is 2.75 bits per heavy atom. The van der Waals surface area contributed by atoms with Crippen molar-refractivity contribution in [3.63, 3.8) is 0 Å². The molecule has 0 heterocycles. The highest BCUT2D eigenvalue weighted by atomic mass is 32.1. The van der Waals surface area contributed by atoms with E-state index in [1.54, 1.807) is 6.08 Å². The van der Waals surface area contributed by atoms with Crippen LogP contribution < -0.4 is 20.9 Å². The number of amides is 1. The van der Waals surface area contributed by atoms with Crippen molar-refractivity contribution in [1.29, 1.82) is 0 Å². The second kappa shape index (κ2) is 8.16. The summed E-state index contributed by atoms with van der Waals surface area (Å²) in [5.74, 6) is 0.349. The molecule has 0 unspecified atom stereocenters. The lowest BCUT2D eigenvalue weighted by molar-refractivity contribution is -0.123. The van der Waals surface area contributed by atoms with Crippen LogP contribution in [0.2, 0.25) is 0 Å². The van der Waals surface area contributed by atoms with E-state index in [9.17, 15) is 4.79 Å². The topological polar surface area (TPSA) is 62.4 Å². The molecule has 6 heteroatoms. The number of aryl methyl sites for hydroxylation is 2. The molecular formula is C14H19N3O2S. The van der Waals surface area contributed by atoms with Gasteiger partial charge in [-0.25, -0.2) is 0 Å². The Kier molecular flexibility index (Phi) is 6.52. The fourth-order valence-corrected chi connectivity index (χ4v) is 1.46. The molecule has 1 amide bonds. The van der Waals surface area contributed by atoms with Gasteiger partial charge >= 0.3 is 0 Å². The zero-order valence-corrected chi connectivity index (χ0v) is 12.5. The van der Waals surface area contributed by atoms with Gasteiger partial charge in [-0.3, -0.25) is 15.6 Å². The zero-order valence-electron chi connectivity index (χ0n) is 11.7. The lowest BCUT2D eigenvalue weighted by atomic mass is 10.1. The van der Waals surface area contributed by atoms with Gasteiger partial charge in [0.2, 0.25) is 0 Å². The first kappa shape index (κ1) is 16.0. The van der Waals surface area contributed by atoms with Crippen LogP contribution in [0.1, 0.15) is 11.1 Å². The van der Waals surface area contributed by atoms with Crippen molar-refractivity contribution in [2.75, 3.05) is 13.2 Å². The fraction of sp³-hybridized carbons (Fsp3) is 0.286. The minimum absolute atomic E-state index is 0.0838. The first-order valence-electron chi connectivity index (χ1n) is 6.16. The number of ether oxygens (including phenoxy) is 1. The van der Waals surface area contributed by atoms with Crippen LogP contribution in [0.5, 0.6) is 5.75 Å². The molecule has 0 bridgehead atoms. The van der Waals surface area contributed by atoms with Crippen molar-refractivity contribution < 1.29 is 9.53 Å². The average Bonchev–Trinajstić information content (AvgIpc) is 2.44. The molecular weight excluding hydrogens is 274 g/mol. The van der Waals surface area contributed by atoms with Crippen LogP contribution in [0.15, 0.2) is 30.9 Å². The second-order valence-corrected chi connectivity index (χ2v) is 4.61. The Hall–Kier alpha value is -2.08. The molecule has 1 aromatic rings. The molecule has 108 valence electrons. The first-order chi connectivity index (χ1) is 9.52. The van der Waals surface area contributed by atoms with E-state index in [1.165, 1.54) is 5.56 Å². The molecule has 0 aliphatic heterocycles. The third kappa shape index (κ3) is 5.71. The number of thiocarbonyl (C=S) groups is 1. The number of hydrogen-bond acceptors (Lipinski definition) is 3. The van der Waals surface area contributed by atoms with Crippen molar-refractivity contribution in [1.82, 2.24) is 16.2 Å². The van der Waals surface area contributed by atoms with Gasteiger partial charge in [-0.05, 0) is 49.3 Å². The van der Waals surface area contributed by atoms with Crippen LogP contribution in [0.4, 0.5) is 0 Å². The third-order valence-corrected chi connectivity index (χ3v) is 2.82. The maximum absolute atomic E-state index is 11.5. The van der Waals surface area contributed by atoms with Crippen LogP contribution in [0.25, 0.3) is 0 Å². The predicted molar refractivity (Wildman–Crippen MR) is 83.5 cm³/mol. The molecule has 0 atom stereocenters. The van der Waals surface area contributed by atoms with E-state index in [4.69, 9.17) is 17.0 Å². The van der Waals surface area contributed by atoms with Crippen LogP contribution in [0.3, 0.4) is 0 Å². The molecule has 0 saturated heterocycles. The maximum Gasteiger partial charge on any atom is 0.276 e. The predicted octanol–water partition coefficient (Wildman–Crippen LogP) is 1.36. The number of nitrogens with one attached hydrogen (secondary N) is 3. The maximum atomic E-state index is 11.5. The first-order valence-corrected chi connectivity index (χ1v) is 6.57. The summed E-state index contributed by atoms with van der Waals surface area (Å²) >= 11 is 4.92. The van der Waals surface area contributed by atoms with Crippen molar-refractivity contribution in [3.8, 4) is 5.75 Å². The van der Waals surface area contributed by atoms with Gasteiger partial charge < -0.3 is 10.1 Å². The summed E-state index contributed by atoms with van der Waals surface area (Å²) in [4.78, 5) is 11.5. The zero-order chi connectivity index (χ0) is 15.0. The smallest absolute Gasteiger partial charge is 0.276 e. The number of carbonyl (C=O) groups is 1. The molecule has 0 aliphatic carbocycles. The quantitative estimate of drug-likeness (QED) is 0.435. The summed E-state index contributed by atoms with van der Waals surface area (Å²) in [6.45, 7) is 8.01. The van der Waals surface area contributed by atoms with Crippen LogP contribution in [-0.2, 0) is 4.79 Å². The van der Waals surface area contributed by atoms with Gasteiger partial charge in [0.25, 0.3) is 5.91 Å². The Morgan fingerprint density at radius 2 is 2.10 bits per heavy atom. The number of benzene rings is 1. The summed E-state index contributed by atoms with van der Waals surface area (Å²) < 4.78 is 5.39. The second-order valence-electron chi connectivity index (χ2n) is 4.21. The third-order valence-electron chi connectivity index (χ3n) is 2.57. The van der Waals surface area contributed by atoms with E-state index >= 15 is 0 Å². The number of hydrogen-bond donors (Lipinski definition) is 3. The highest BCUT2D eigenvalue weighted by Crippen LogP contribution is 2.15. The summed E-state index contributed by atoms with van der Waals surface area (Å²) in [7, 11) is 0. The number of carbonyl (C=O) groups excluding carboxylic acids is 1. The highest BCUT2D eigenvalue weighted by Gasteiger charge is 2.04. The largest absolute Gasteiger partial charge is 0.484 e. The lowest BCUT2D eigenvalue weighted by Gasteiger charge is -2.11. The SMILES string of the molecule is C=CCNC(=S)NNC(=O)COc1ccc(C)c(C)c1. The molecule has 1 aromatic carbocycles. The molecule has 1 rings (SSSR count). The Labute approximate surface area is 124 Å². The van der Waals surface area contributed by atoms with Gasteiger partial charge in [-0.15, -0.1) is 6.58 Å². The van der Waals surface area contributed by atoms with Crippen molar-refractivity contribution in [2.45, 2.75) is 13.8 Å². The lowest BCUT2D eigenvalue weighted by Crippen LogP contribution is -2.48. The van der Waals surface area contributed by atoms with Gasteiger partial charge in [0.05, 0.1) is 0 Å². The monoisotopic (exact) mass is 293 g/mol. The molecule has 3 N–H and O–H groups in total. The van der Waals surface area contributed by atoms with Gasteiger partial charge in [0, 0.05) is 6.54 Å². The molecule has 20 heavy (non-hydrogen) atoms. The van der Waals surface area contributed by atoms with E-state index in [0.717, 1.165) is 5.56 Å². The summed E-state index contributed by atoms with van der Waals surface area (Å²) in [5.41, 5.74) is 7.31. The molecule has 0 fully saturated rings. The summed E-state index contributed by atoms with van der Waals surface area (Å²) in [6, 6.07) is 5.68. The van der Waals surface area contributed by atoms with Gasteiger partial charge in [0.1, 0.15) is 5.75 Å². The Bertz CT molecular complexity index is 503. The fourth-order valence-electron chi connectivity index (χ4n) is 1.32. The van der Waals surface area contributed by atoms with Crippen LogP contribution >= 0.6 is 12.2 Å². The highest BCUT2D eigenvalue weighted by molar-refractivity contribution is 7.80. The van der Waals surface area contributed by atoms with Crippen LogP contribution in [-0.4, -0.2) is 24.2 Å². The van der Waals surface area contributed by atoms with Crippen LogP contribution in [0, 0.1) is 13.8 Å². The standard InChI is InChI=1S/C14H19N3O2S/c1-4-7-15-14(20)17-16-13(18)9-19-12-6-5-10(2)11(3)8-12/h4-6,8H,1,7,9H2,2-3H3,(H,16,18)(H2,15,17,20). The average molecular weight is 293 g/mol. The van der Waals surface area contributed by atoms with Gasteiger partial charge in [0.15, 0.2) is 11.7 Å². The van der Waals surface area contributed by atoms with E-state index in [0.29, 0.717) is 17.4 Å². The normalized spacial score (nSPS) is 9.50. The number of hydrazine groups is 1. The molecule has 0 radical (unpaired) electrons. The molecule has 0 spiro atoms. The van der Waals surface area contributed by atoms with E-state index < -0.39 is 0 Å². The van der Waals surface area contributed by atoms with Gasteiger partial charge in [-0.2, -0.15) is 0 Å². The van der Waals surface area contributed by atoms with E-state index in [1.807, 2.05) is 32.0 Å². The van der Waals surface area contributed by atoms with E-state index in [2.05, 4.69) is 22.7 Å². The van der Waals surface area contributed by atoms with Gasteiger partial charge in [-0.1, -0.05) is 12.1 Å². The van der Waals surface area contributed by atoms with Crippen molar-refractivity contribution >= 4 is 23.2 Å². The Balaban J connectivity index is 2.30.